The van der Waals surface area contributed by atoms with Gasteiger partial charge in [-0.05, 0) is 61.7 Å². The Bertz CT molecular complexity index is 728. The van der Waals surface area contributed by atoms with Crippen LogP contribution in [0.15, 0.2) is 48.5 Å². The number of carbonyl (C=O) groups excluding carboxylic acids is 1. The summed E-state index contributed by atoms with van der Waals surface area (Å²) in [5, 5.41) is 0. The highest BCUT2D eigenvalue weighted by Crippen LogP contribution is 2.32. The van der Waals surface area contributed by atoms with E-state index in [0.29, 0.717) is 18.3 Å². The Kier molecular flexibility index (Phi) is 5.34. The van der Waals surface area contributed by atoms with E-state index in [-0.39, 0.29) is 18.3 Å². The monoisotopic (exact) mass is 341 g/mol. The zero-order chi connectivity index (χ0) is 17.8. The highest BCUT2D eigenvalue weighted by molar-refractivity contribution is 5.94. The molecular formula is C20H24FN3O. The second-order valence-electron chi connectivity index (χ2n) is 6.35. The lowest BCUT2D eigenvalue weighted by Gasteiger charge is -2.25. The number of benzene rings is 2. The summed E-state index contributed by atoms with van der Waals surface area (Å²) in [6, 6.07) is 14.8. The normalized spacial score (nSPS) is 13.6. The SMILES string of the molecule is CCN(c1cccc(CN(C(=O)CN)c2ccc(F)cc2)c1)C1CC1. The van der Waals surface area contributed by atoms with Gasteiger partial charge in [-0.15, -0.1) is 0 Å². The maximum atomic E-state index is 13.2. The Morgan fingerprint density at radius 3 is 2.48 bits per heavy atom. The van der Waals surface area contributed by atoms with Gasteiger partial charge in [0, 0.05) is 24.0 Å². The highest BCUT2D eigenvalue weighted by atomic mass is 19.1. The summed E-state index contributed by atoms with van der Waals surface area (Å²) in [4.78, 5) is 16.3. The van der Waals surface area contributed by atoms with Crippen LogP contribution in [0.3, 0.4) is 0 Å². The first-order valence-electron chi connectivity index (χ1n) is 8.74. The molecule has 2 aromatic rings. The molecule has 2 aromatic carbocycles. The first-order valence-corrected chi connectivity index (χ1v) is 8.74. The van der Waals surface area contributed by atoms with Gasteiger partial charge in [-0.1, -0.05) is 12.1 Å². The lowest BCUT2D eigenvalue weighted by Crippen LogP contribution is -2.35. The van der Waals surface area contributed by atoms with Crippen LogP contribution in [-0.4, -0.2) is 25.0 Å². The summed E-state index contributed by atoms with van der Waals surface area (Å²) in [6.07, 6.45) is 2.48. The second kappa shape index (κ2) is 7.66. The summed E-state index contributed by atoms with van der Waals surface area (Å²) < 4.78 is 13.2. The number of anilines is 2. The summed E-state index contributed by atoms with van der Waals surface area (Å²) in [5.74, 6) is -0.513. The van der Waals surface area contributed by atoms with Gasteiger partial charge < -0.3 is 15.5 Å². The Hall–Kier alpha value is -2.40. The average Bonchev–Trinajstić information content (AvgIpc) is 3.46. The summed E-state index contributed by atoms with van der Waals surface area (Å²) in [5.41, 5.74) is 8.43. The fraction of sp³-hybridized carbons (Fsp3) is 0.350. The molecule has 1 amide bonds. The van der Waals surface area contributed by atoms with Crippen molar-refractivity contribution in [2.24, 2.45) is 5.73 Å². The molecule has 2 N–H and O–H groups in total. The van der Waals surface area contributed by atoms with Crippen molar-refractivity contribution < 1.29 is 9.18 Å². The van der Waals surface area contributed by atoms with E-state index in [2.05, 4.69) is 24.0 Å². The van der Waals surface area contributed by atoms with E-state index in [9.17, 15) is 9.18 Å². The molecule has 1 aliphatic rings. The van der Waals surface area contributed by atoms with Crippen molar-refractivity contribution in [2.75, 3.05) is 22.9 Å². The van der Waals surface area contributed by atoms with Gasteiger partial charge in [-0.2, -0.15) is 0 Å². The van der Waals surface area contributed by atoms with Crippen molar-refractivity contribution in [1.29, 1.82) is 0 Å². The standard InChI is InChI=1S/C20H24FN3O/c1-2-23(17-10-11-17)19-5-3-4-15(12-19)14-24(20(25)13-22)18-8-6-16(21)7-9-18/h3-9,12,17H,2,10-11,13-14,22H2,1H3. The second-order valence-corrected chi connectivity index (χ2v) is 6.35. The number of carbonyl (C=O) groups is 1. The van der Waals surface area contributed by atoms with Crippen molar-refractivity contribution in [3.63, 3.8) is 0 Å². The Morgan fingerprint density at radius 1 is 1.16 bits per heavy atom. The summed E-state index contributed by atoms with van der Waals surface area (Å²) in [6.45, 7) is 3.46. The van der Waals surface area contributed by atoms with Crippen molar-refractivity contribution >= 4 is 17.3 Å². The van der Waals surface area contributed by atoms with Crippen molar-refractivity contribution in [3.05, 3.63) is 59.9 Å². The van der Waals surface area contributed by atoms with E-state index < -0.39 is 0 Å². The maximum absolute atomic E-state index is 13.2. The fourth-order valence-corrected chi connectivity index (χ4v) is 3.11. The first-order chi connectivity index (χ1) is 12.1. The van der Waals surface area contributed by atoms with Crippen molar-refractivity contribution in [2.45, 2.75) is 32.4 Å². The van der Waals surface area contributed by atoms with Gasteiger partial charge >= 0.3 is 0 Å². The Morgan fingerprint density at radius 2 is 1.88 bits per heavy atom. The van der Waals surface area contributed by atoms with Crippen LogP contribution in [0, 0.1) is 5.82 Å². The molecule has 0 radical (unpaired) electrons. The molecule has 25 heavy (non-hydrogen) atoms. The van der Waals surface area contributed by atoms with Crippen LogP contribution in [0.5, 0.6) is 0 Å². The molecule has 0 heterocycles. The zero-order valence-electron chi connectivity index (χ0n) is 14.5. The average molecular weight is 341 g/mol. The van der Waals surface area contributed by atoms with Crippen LogP contribution < -0.4 is 15.5 Å². The van der Waals surface area contributed by atoms with E-state index in [0.717, 1.165) is 12.1 Å². The molecule has 1 aliphatic carbocycles. The molecule has 0 bridgehead atoms. The minimum Gasteiger partial charge on any atom is -0.369 e. The number of amides is 1. The quantitative estimate of drug-likeness (QED) is 0.840. The third-order valence-corrected chi connectivity index (χ3v) is 4.53. The largest absolute Gasteiger partial charge is 0.369 e. The van der Waals surface area contributed by atoms with Crippen LogP contribution in [0.1, 0.15) is 25.3 Å². The number of nitrogens with zero attached hydrogens (tertiary/aromatic N) is 2. The molecule has 3 rings (SSSR count). The van der Waals surface area contributed by atoms with E-state index in [1.54, 1.807) is 17.0 Å². The van der Waals surface area contributed by atoms with E-state index in [4.69, 9.17) is 5.73 Å². The van der Waals surface area contributed by atoms with Gasteiger partial charge in [-0.25, -0.2) is 4.39 Å². The summed E-state index contributed by atoms with van der Waals surface area (Å²) in [7, 11) is 0. The van der Waals surface area contributed by atoms with E-state index >= 15 is 0 Å². The van der Waals surface area contributed by atoms with E-state index in [1.165, 1.54) is 30.7 Å². The molecule has 0 unspecified atom stereocenters. The molecule has 0 atom stereocenters. The molecule has 1 saturated carbocycles. The predicted molar refractivity (Wildman–Crippen MR) is 99.1 cm³/mol. The van der Waals surface area contributed by atoms with Crippen LogP contribution in [0.4, 0.5) is 15.8 Å². The number of halogens is 1. The number of rotatable bonds is 7. The lowest BCUT2D eigenvalue weighted by atomic mass is 10.1. The topological polar surface area (TPSA) is 49.6 Å². The molecular weight excluding hydrogens is 317 g/mol. The minimum atomic E-state index is -0.325. The predicted octanol–water partition coefficient (Wildman–Crippen LogP) is 3.31. The van der Waals surface area contributed by atoms with E-state index in [1.807, 2.05) is 12.1 Å². The first kappa shape index (κ1) is 17.4. The molecule has 1 fully saturated rings. The highest BCUT2D eigenvalue weighted by Gasteiger charge is 2.28. The van der Waals surface area contributed by atoms with Gasteiger partial charge in [0.2, 0.25) is 5.91 Å². The van der Waals surface area contributed by atoms with Crippen molar-refractivity contribution in [3.8, 4) is 0 Å². The number of nitrogens with two attached hydrogens (primary N) is 1. The maximum Gasteiger partial charge on any atom is 0.241 e. The van der Waals surface area contributed by atoms with Gasteiger partial charge in [0.15, 0.2) is 0 Å². The number of hydrogen-bond acceptors (Lipinski definition) is 3. The molecule has 0 aromatic heterocycles. The van der Waals surface area contributed by atoms with Gasteiger partial charge in [0.1, 0.15) is 5.82 Å². The van der Waals surface area contributed by atoms with Crippen molar-refractivity contribution in [1.82, 2.24) is 0 Å². The van der Waals surface area contributed by atoms with Gasteiger partial charge in [0.05, 0.1) is 13.1 Å². The van der Waals surface area contributed by atoms with Crippen LogP contribution >= 0.6 is 0 Å². The minimum absolute atomic E-state index is 0.0831. The van der Waals surface area contributed by atoms with Crippen LogP contribution in [0.25, 0.3) is 0 Å². The Balaban J connectivity index is 1.84. The molecule has 0 spiro atoms. The summed E-state index contributed by atoms with van der Waals surface area (Å²) >= 11 is 0. The van der Waals surface area contributed by atoms with Crippen LogP contribution in [0.2, 0.25) is 0 Å². The smallest absolute Gasteiger partial charge is 0.241 e. The zero-order valence-corrected chi connectivity index (χ0v) is 14.5. The molecule has 0 aliphatic heterocycles. The van der Waals surface area contributed by atoms with Crippen LogP contribution in [-0.2, 0) is 11.3 Å². The van der Waals surface area contributed by atoms with Gasteiger partial charge in [-0.3, -0.25) is 4.79 Å². The molecule has 132 valence electrons. The molecule has 5 heteroatoms. The lowest BCUT2D eigenvalue weighted by molar-refractivity contribution is -0.117. The molecule has 0 saturated heterocycles. The third kappa shape index (κ3) is 4.17. The third-order valence-electron chi connectivity index (χ3n) is 4.53. The van der Waals surface area contributed by atoms with Gasteiger partial charge in [0.25, 0.3) is 0 Å². The fourth-order valence-electron chi connectivity index (χ4n) is 3.11. The number of hydrogen-bond donors (Lipinski definition) is 1. The Labute approximate surface area is 148 Å². The molecule has 4 nitrogen and oxygen atoms in total.